The van der Waals surface area contributed by atoms with E-state index in [9.17, 15) is 10.1 Å². The van der Waals surface area contributed by atoms with Gasteiger partial charge in [0, 0.05) is 35.3 Å². The number of hydrogen-bond acceptors (Lipinski definition) is 6. The van der Waals surface area contributed by atoms with Gasteiger partial charge in [-0.15, -0.1) is 0 Å². The first kappa shape index (κ1) is 17.6. The van der Waals surface area contributed by atoms with E-state index >= 15 is 0 Å². The number of benzene rings is 2. The first-order chi connectivity index (χ1) is 13.1. The molecule has 0 atom stereocenters. The molecule has 0 spiro atoms. The quantitative estimate of drug-likeness (QED) is 0.441. The molecule has 138 valence electrons. The summed E-state index contributed by atoms with van der Waals surface area (Å²) in [5, 5.41) is 15.6. The Morgan fingerprint density at radius 2 is 1.96 bits per heavy atom. The van der Waals surface area contributed by atoms with E-state index in [1.807, 2.05) is 24.3 Å². The lowest BCUT2D eigenvalue weighted by atomic mass is 10.2. The van der Waals surface area contributed by atoms with Gasteiger partial charge in [-0.2, -0.15) is 4.98 Å². The van der Waals surface area contributed by atoms with E-state index in [0.717, 1.165) is 24.4 Å². The summed E-state index contributed by atoms with van der Waals surface area (Å²) in [6, 6.07) is 14.5. The molecule has 0 unspecified atom stereocenters. The Labute approximate surface area is 160 Å². The zero-order chi connectivity index (χ0) is 18.8. The summed E-state index contributed by atoms with van der Waals surface area (Å²) >= 11 is 5.96. The van der Waals surface area contributed by atoms with Crippen molar-refractivity contribution in [2.45, 2.75) is 32.0 Å². The number of aromatic nitrogens is 2. The molecular weight excluding hydrogens is 368 g/mol. The molecule has 0 N–H and O–H groups in total. The topological polar surface area (TPSA) is 85.3 Å². The molecule has 1 heterocycles. The highest BCUT2D eigenvalue weighted by atomic mass is 35.5. The zero-order valence-electron chi connectivity index (χ0n) is 14.4. The summed E-state index contributed by atoms with van der Waals surface area (Å²) in [6.45, 7) is 1.31. The van der Waals surface area contributed by atoms with Crippen molar-refractivity contribution < 1.29 is 9.45 Å². The summed E-state index contributed by atoms with van der Waals surface area (Å²) in [5.41, 5.74) is 1.74. The van der Waals surface area contributed by atoms with Gasteiger partial charge in [0.1, 0.15) is 0 Å². The second kappa shape index (κ2) is 7.46. The molecule has 0 bridgehead atoms. The van der Waals surface area contributed by atoms with Crippen LogP contribution in [0, 0.1) is 10.1 Å². The SMILES string of the molecule is O=[N+]([O-])c1cccc(-c2noc(CN(Cc3ccc(Cl)cc3)C3CC3)n2)c1. The molecule has 0 radical (unpaired) electrons. The molecule has 0 saturated heterocycles. The monoisotopic (exact) mass is 384 g/mol. The minimum absolute atomic E-state index is 0.00111. The fourth-order valence-corrected chi connectivity index (χ4v) is 3.07. The van der Waals surface area contributed by atoms with Crippen molar-refractivity contribution in [3.8, 4) is 11.4 Å². The number of nitro groups is 1. The second-order valence-corrected chi connectivity index (χ2v) is 7.02. The maximum absolute atomic E-state index is 10.9. The molecular formula is C19H17ClN4O3. The Morgan fingerprint density at radius 1 is 1.19 bits per heavy atom. The first-order valence-electron chi connectivity index (χ1n) is 8.64. The van der Waals surface area contributed by atoms with E-state index in [1.54, 1.807) is 12.1 Å². The molecule has 8 heteroatoms. The summed E-state index contributed by atoms with van der Waals surface area (Å²) in [5.74, 6) is 0.855. The van der Waals surface area contributed by atoms with Crippen molar-refractivity contribution in [3.05, 3.63) is 75.1 Å². The number of nitrogens with zero attached hydrogens (tertiary/aromatic N) is 4. The molecule has 1 saturated carbocycles. The van der Waals surface area contributed by atoms with Gasteiger partial charge in [-0.05, 0) is 30.5 Å². The number of hydrogen-bond donors (Lipinski definition) is 0. The van der Waals surface area contributed by atoms with Crippen LogP contribution in [0.2, 0.25) is 5.02 Å². The van der Waals surface area contributed by atoms with E-state index in [2.05, 4.69) is 15.0 Å². The van der Waals surface area contributed by atoms with E-state index in [-0.39, 0.29) is 5.69 Å². The van der Waals surface area contributed by atoms with Crippen molar-refractivity contribution in [1.29, 1.82) is 0 Å². The molecule has 0 aliphatic heterocycles. The Balaban J connectivity index is 1.49. The van der Waals surface area contributed by atoms with Crippen LogP contribution in [-0.4, -0.2) is 26.0 Å². The molecule has 3 aromatic rings. The van der Waals surface area contributed by atoms with Crippen LogP contribution in [0.5, 0.6) is 0 Å². The summed E-state index contributed by atoms with van der Waals surface area (Å²) in [4.78, 5) is 17.2. The van der Waals surface area contributed by atoms with Crippen LogP contribution < -0.4 is 0 Å². The molecule has 7 nitrogen and oxygen atoms in total. The van der Waals surface area contributed by atoms with Crippen molar-refractivity contribution in [2.75, 3.05) is 0 Å². The van der Waals surface area contributed by atoms with Crippen LogP contribution in [0.4, 0.5) is 5.69 Å². The molecule has 1 fully saturated rings. The number of nitro benzene ring substituents is 1. The normalized spacial score (nSPS) is 13.9. The average molecular weight is 385 g/mol. The lowest BCUT2D eigenvalue weighted by Gasteiger charge is -2.19. The third-order valence-corrected chi connectivity index (χ3v) is 4.74. The van der Waals surface area contributed by atoms with Gasteiger partial charge in [-0.3, -0.25) is 15.0 Å². The molecule has 27 heavy (non-hydrogen) atoms. The highest BCUT2D eigenvalue weighted by molar-refractivity contribution is 6.30. The lowest BCUT2D eigenvalue weighted by Crippen LogP contribution is -2.25. The van der Waals surface area contributed by atoms with Crippen LogP contribution in [-0.2, 0) is 13.1 Å². The standard InChI is InChI=1S/C19H17ClN4O3/c20-15-6-4-13(5-7-15)11-23(16-8-9-16)12-18-21-19(22-27-18)14-2-1-3-17(10-14)24(25)26/h1-7,10,16H,8-9,11-12H2. The van der Waals surface area contributed by atoms with E-state index in [0.29, 0.717) is 29.9 Å². The zero-order valence-corrected chi connectivity index (χ0v) is 15.2. The Bertz CT molecular complexity index is 954. The third-order valence-electron chi connectivity index (χ3n) is 4.48. The highest BCUT2D eigenvalue weighted by Gasteiger charge is 2.30. The van der Waals surface area contributed by atoms with Crippen molar-refractivity contribution in [1.82, 2.24) is 15.0 Å². The average Bonchev–Trinajstić information content (AvgIpc) is 3.42. The molecule has 1 aliphatic rings. The van der Waals surface area contributed by atoms with Crippen LogP contribution in [0.15, 0.2) is 53.1 Å². The van der Waals surface area contributed by atoms with Crippen molar-refractivity contribution >= 4 is 17.3 Å². The van der Waals surface area contributed by atoms with Crippen molar-refractivity contribution in [3.63, 3.8) is 0 Å². The summed E-state index contributed by atoms with van der Waals surface area (Å²) in [6.07, 6.45) is 2.30. The van der Waals surface area contributed by atoms with Gasteiger partial charge in [-0.25, -0.2) is 0 Å². The maximum Gasteiger partial charge on any atom is 0.270 e. The third kappa shape index (κ3) is 4.32. The smallest absolute Gasteiger partial charge is 0.270 e. The maximum atomic E-state index is 10.9. The fraction of sp³-hybridized carbons (Fsp3) is 0.263. The predicted octanol–water partition coefficient (Wildman–Crippen LogP) is 4.46. The van der Waals surface area contributed by atoms with E-state index in [4.69, 9.17) is 16.1 Å². The first-order valence-corrected chi connectivity index (χ1v) is 9.02. The van der Waals surface area contributed by atoms with E-state index < -0.39 is 4.92 Å². The Kier molecular flexibility index (Phi) is 4.87. The van der Waals surface area contributed by atoms with Crippen LogP contribution in [0.3, 0.4) is 0 Å². The van der Waals surface area contributed by atoms with Gasteiger partial charge in [0.2, 0.25) is 11.7 Å². The largest absolute Gasteiger partial charge is 0.338 e. The number of non-ortho nitro benzene ring substituents is 1. The van der Waals surface area contributed by atoms with Crippen LogP contribution in [0.25, 0.3) is 11.4 Å². The van der Waals surface area contributed by atoms with Gasteiger partial charge in [-0.1, -0.05) is 41.0 Å². The molecule has 0 amide bonds. The van der Waals surface area contributed by atoms with Crippen LogP contribution >= 0.6 is 11.6 Å². The minimum atomic E-state index is -0.439. The highest BCUT2D eigenvalue weighted by Crippen LogP contribution is 2.30. The van der Waals surface area contributed by atoms with Crippen LogP contribution in [0.1, 0.15) is 24.3 Å². The molecule has 1 aliphatic carbocycles. The van der Waals surface area contributed by atoms with E-state index in [1.165, 1.54) is 17.7 Å². The van der Waals surface area contributed by atoms with Gasteiger partial charge >= 0.3 is 0 Å². The predicted molar refractivity (Wildman–Crippen MR) is 100 cm³/mol. The van der Waals surface area contributed by atoms with Gasteiger partial charge < -0.3 is 4.52 Å². The molecule has 2 aromatic carbocycles. The molecule has 4 rings (SSSR count). The van der Waals surface area contributed by atoms with Gasteiger partial charge in [0.25, 0.3) is 5.69 Å². The summed E-state index contributed by atoms with van der Waals surface area (Å²) in [7, 11) is 0. The molecule has 1 aromatic heterocycles. The minimum Gasteiger partial charge on any atom is -0.338 e. The lowest BCUT2D eigenvalue weighted by molar-refractivity contribution is -0.384. The number of rotatable bonds is 7. The summed E-state index contributed by atoms with van der Waals surface area (Å²) < 4.78 is 5.39. The second-order valence-electron chi connectivity index (χ2n) is 6.58. The fourth-order valence-electron chi connectivity index (χ4n) is 2.95. The van der Waals surface area contributed by atoms with Gasteiger partial charge in [0.15, 0.2) is 0 Å². The van der Waals surface area contributed by atoms with Crippen molar-refractivity contribution in [2.24, 2.45) is 0 Å². The Morgan fingerprint density at radius 3 is 2.67 bits per heavy atom. The Hall–Kier alpha value is -2.77. The number of halogens is 1. The van der Waals surface area contributed by atoms with Gasteiger partial charge in [0.05, 0.1) is 11.5 Å².